The summed E-state index contributed by atoms with van der Waals surface area (Å²) in [5.41, 5.74) is -0.583. The van der Waals surface area contributed by atoms with Gasteiger partial charge in [-0.05, 0) is 6.92 Å². The summed E-state index contributed by atoms with van der Waals surface area (Å²) in [5, 5.41) is 8.41. The fourth-order valence-electron chi connectivity index (χ4n) is 0.532. The zero-order valence-corrected chi connectivity index (χ0v) is 4.68. The lowest BCUT2D eigenvalue weighted by atomic mass is 9.89. The molecule has 3 heteroatoms. The van der Waals surface area contributed by atoms with Crippen molar-refractivity contribution >= 4 is 5.97 Å². The predicted octanol–water partition coefficient (Wildman–Crippen LogP) is 0.107. The molecule has 1 aliphatic rings. The number of hydrogen-bond acceptors (Lipinski definition) is 2. The van der Waals surface area contributed by atoms with Gasteiger partial charge in [0.25, 0.3) is 0 Å². The van der Waals surface area contributed by atoms with Gasteiger partial charge in [0, 0.05) is 0 Å². The third-order valence-corrected chi connectivity index (χ3v) is 1.36. The molecule has 0 aromatic rings. The van der Waals surface area contributed by atoms with E-state index in [-0.39, 0.29) is 0 Å². The fourth-order valence-corrected chi connectivity index (χ4v) is 0.532. The summed E-state index contributed by atoms with van der Waals surface area (Å²) in [4.78, 5) is 10.2. The number of ether oxygens (including phenoxy) is 1. The van der Waals surface area contributed by atoms with Crippen LogP contribution in [0.25, 0.3) is 0 Å². The van der Waals surface area contributed by atoms with Crippen molar-refractivity contribution in [2.75, 3.05) is 13.2 Å². The Hall–Kier alpha value is -0.570. The summed E-state index contributed by atoms with van der Waals surface area (Å²) < 4.78 is 4.72. The van der Waals surface area contributed by atoms with Gasteiger partial charge >= 0.3 is 5.97 Å². The number of carboxylic acid groups (broad SMARTS) is 1. The van der Waals surface area contributed by atoms with Crippen LogP contribution in [0.3, 0.4) is 0 Å². The van der Waals surface area contributed by atoms with Crippen LogP contribution in [0.15, 0.2) is 0 Å². The molecular formula is C5H8O3. The molecule has 1 fully saturated rings. The van der Waals surface area contributed by atoms with Crippen LogP contribution in [0.2, 0.25) is 0 Å². The molecular weight excluding hydrogens is 108 g/mol. The molecule has 0 unspecified atom stereocenters. The van der Waals surface area contributed by atoms with Crippen LogP contribution in [0.4, 0.5) is 0 Å². The summed E-state index contributed by atoms with van der Waals surface area (Å²) in [7, 11) is 0. The van der Waals surface area contributed by atoms with Gasteiger partial charge in [-0.1, -0.05) is 0 Å². The molecule has 0 bridgehead atoms. The van der Waals surface area contributed by atoms with E-state index in [0.29, 0.717) is 13.2 Å². The molecule has 0 saturated carbocycles. The first-order valence-corrected chi connectivity index (χ1v) is 2.46. The highest BCUT2D eigenvalue weighted by atomic mass is 16.5. The van der Waals surface area contributed by atoms with Crippen molar-refractivity contribution in [3.63, 3.8) is 0 Å². The molecule has 0 spiro atoms. The van der Waals surface area contributed by atoms with E-state index in [9.17, 15) is 4.79 Å². The predicted molar refractivity (Wildman–Crippen MR) is 26.6 cm³/mol. The molecule has 0 aromatic heterocycles. The maximum absolute atomic E-state index is 10.2. The SMILES string of the molecule is CC1(C(=O)O)COC1. The number of carboxylic acids is 1. The number of carbonyl (C=O) groups is 1. The minimum atomic E-state index is -0.760. The Labute approximate surface area is 47.3 Å². The van der Waals surface area contributed by atoms with E-state index in [1.807, 2.05) is 0 Å². The molecule has 1 heterocycles. The van der Waals surface area contributed by atoms with Crippen LogP contribution in [0, 0.1) is 5.41 Å². The Morgan fingerprint density at radius 2 is 2.25 bits per heavy atom. The van der Waals surface area contributed by atoms with Crippen molar-refractivity contribution in [2.24, 2.45) is 5.41 Å². The van der Waals surface area contributed by atoms with E-state index in [0.717, 1.165) is 0 Å². The van der Waals surface area contributed by atoms with Gasteiger partial charge in [-0.15, -0.1) is 0 Å². The van der Waals surface area contributed by atoms with Crippen LogP contribution in [0.1, 0.15) is 6.92 Å². The Morgan fingerprint density at radius 1 is 1.75 bits per heavy atom. The van der Waals surface area contributed by atoms with Crippen molar-refractivity contribution in [2.45, 2.75) is 6.92 Å². The molecule has 0 amide bonds. The van der Waals surface area contributed by atoms with Crippen molar-refractivity contribution in [3.05, 3.63) is 0 Å². The van der Waals surface area contributed by atoms with E-state index in [1.54, 1.807) is 6.92 Å². The Morgan fingerprint density at radius 3 is 2.25 bits per heavy atom. The molecule has 0 aliphatic carbocycles. The minimum Gasteiger partial charge on any atom is -0.481 e. The molecule has 0 radical (unpaired) electrons. The van der Waals surface area contributed by atoms with Gasteiger partial charge in [0.1, 0.15) is 5.41 Å². The molecule has 46 valence electrons. The fraction of sp³-hybridized carbons (Fsp3) is 0.800. The average molecular weight is 116 g/mol. The van der Waals surface area contributed by atoms with Crippen molar-refractivity contribution < 1.29 is 14.6 Å². The maximum atomic E-state index is 10.2. The molecule has 1 rings (SSSR count). The quantitative estimate of drug-likeness (QED) is 0.528. The monoisotopic (exact) mass is 116 g/mol. The Balaban J connectivity index is 2.53. The Bertz CT molecular complexity index is 115. The van der Waals surface area contributed by atoms with Gasteiger partial charge in [0.05, 0.1) is 13.2 Å². The molecule has 0 atom stereocenters. The van der Waals surface area contributed by atoms with Crippen LogP contribution >= 0.6 is 0 Å². The largest absolute Gasteiger partial charge is 0.481 e. The second-order valence-electron chi connectivity index (χ2n) is 2.36. The van der Waals surface area contributed by atoms with Crippen LogP contribution in [0.5, 0.6) is 0 Å². The van der Waals surface area contributed by atoms with E-state index < -0.39 is 11.4 Å². The molecule has 1 N–H and O–H groups in total. The molecule has 1 aliphatic heterocycles. The standard InChI is InChI=1S/C5H8O3/c1-5(4(6)7)2-8-3-5/h2-3H2,1H3,(H,6,7). The maximum Gasteiger partial charge on any atom is 0.314 e. The summed E-state index contributed by atoms with van der Waals surface area (Å²) in [5.74, 6) is -0.760. The number of rotatable bonds is 1. The Kier molecular flexibility index (Phi) is 1.01. The first-order chi connectivity index (χ1) is 3.65. The van der Waals surface area contributed by atoms with Crippen LogP contribution < -0.4 is 0 Å². The average Bonchev–Trinajstić information content (AvgIpc) is 1.60. The smallest absolute Gasteiger partial charge is 0.314 e. The van der Waals surface area contributed by atoms with Crippen molar-refractivity contribution in [1.29, 1.82) is 0 Å². The van der Waals surface area contributed by atoms with Gasteiger partial charge < -0.3 is 9.84 Å². The van der Waals surface area contributed by atoms with Gasteiger partial charge in [-0.3, -0.25) is 4.79 Å². The second-order valence-corrected chi connectivity index (χ2v) is 2.36. The zero-order chi connectivity index (χ0) is 6.20. The second kappa shape index (κ2) is 1.45. The highest BCUT2D eigenvalue weighted by molar-refractivity contribution is 5.75. The molecule has 1 saturated heterocycles. The first kappa shape index (κ1) is 5.56. The third kappa shape index (κ3) is 0.591. The van der Waals surface area contributed by atoms with E-state index in [4.69, 9.17) is 9.84 Å². The van der Waals surface area contributed by atoms with Gasteiger partial charge in [-0.2, -0.15) is 0 Å². The zero-order valence-electron chi connectivity index (χ0n) is 4.68. The van der Waals surface area contributed by atoms with E-state index >= 15 is 0 Å². The molecule has 8 heavy (non-hydrogen) atoms. The molecule has 3 nitrogen and oxygen atoms in total. The lowest BCUT2D eigenvalue weighted by Gasteiger charge is -2.33. The minimum absolute atomic E-state index is 0.363. The first-order valence-electron chi connectivity index (χ1n) is 2.46. The van der Waals surface area contributed by atoms with Crippen LogP contribution in [-0.4, -0.2) is 24.3 Å². The van der Waals surface area contributed by atoms with Gasteiger partial charge in [0.2, 0.25) is 0 Å². The van der Waals surface area contributed by atoms with Gasteiger partial charge in [-0.25, -0.2) is 0 Å². The third-order valence-electron chi connectivity index (χ3n) is 1.36. The lowest BCUT2D eigenvalue weighted by Crippen LogP contribution is -2.46. The summed E-state index contributed by atoms with van der Waals surface area (Å²) >= 11 is 0. The topological polar surface area (TPSA) is 46.5 Å². The summed E-state index contributed by atoms with van der Waals surface area (Å²) in [6.45, 7) is 2.41. The van der Waals surface area contributed by atoms with Gasteiger partial charge in [0.15, 0.2) is 0 Å². The number of aliphatic carboxylic acids is 1. The molecule has 0 aromatic carbocycles. The highest BCUT2D eigenvalue weighted by Crippen LogP contribution is 2.25. The van der Waals surface area contributed by atoms with Crippen molar-refractivity contribution in [1.82, 2.24) is 0 Å². The normalized spacial score (nSPS) is 24.1. The van der Waals surface area contributed by atoms with Crippen molar-refractivity contribution in [3.8, 4) is 0 Å². The highest BCUT2D eigenvalue weighted by Gasteiger charge is 2.40. The van der Waals surface area contributed by atoms with E-state index in [2.05, 4.69) is 0 Å². The van der Waals surface area contributed by atoms with Crippen LogP contribution in [-0.2, 0) is 9.53 Å². The number of hydrogen-bond donors (Lipinski definition) is 1. The summed E-state index contributed by atoms with van der Waals surface area (Å²) in [6, 6.07) is 0. The van der Waals surface area contributed by atoms with E-state index in [1.165, 1.54) is 0 Å². The summed E-state index contributed by atoms with van der Waals surface area (Å²) in [6.07, 6.45) is 0. The lowest BCUT2D eigenvalue weighted by molar-refractivity contribution is -0.175.